The molecule has 0 heterocycles. The summed E-state index contributed by atoms with van der Waals surface area (Å²) in [4.78, 5) is 12.3. The zero-order chi connectivity index (χ0) is 14.8. The molecule has 3 nitrogen and oxygen atoms in total. The molecule has 0 spiro atoms. The normalized spacial score (nSPS) is 19.6. The molecule has 4 heteroatoms. The molecule has 0 saturated carbocycles. The van der Waals surface area contributed by atoms with E-state index < -0.39 is 0 Å². The first-order valence-electron chi connectivity index (χ1n) is 6.72. The van der Waals surface area contributed by atoms with Gasteiger partial charge in [-0.15, -0.1) is 11.6 Å². The first-order chi connectivity index (χ1) is 10.2. The summed E-state index contributed by atoms with van der Waals surface area (Å²) in [5, 5.41) is 11.6. The van der Waals surface area contributed by atoms with Crippen LogP contribution in [0.3, 0.4) is 0 Å². The van der Waals surface area contributed by atoms with Gasteiger partial charge in [0, 0.05) is 5.56 Å². The average Bonchev–Trinajstić information content (AvgIpc) is 2.83. The molecule has 2 aromatic rings. The van der Waals surface area contributed by atoms with E-state index in [4.69, 9.17) is 16.9 Å². The number of hydrogen-bond donors (Lipinski definition) is 1. The van der Waals surface area contributed by atoms with Gasteiger partial charge in [0.2, 0.25) is 0 Å². The van der Waals surface area contributed by atoms with Crippen LogP contribution in [0.4, 0.5) is 0 Å². The Morgan fingerprint density at radius 3 is 2.62 bits per heavy atom. The van der Waals surface area contributed by atoms with Gasteiger partial charge in [-0.3, -0.25) is 4.79 Å². The van der Waals surface area contributed by atoms with Crippen LogP contribution in [-0.4, -0.2) is 11.3 Å². The molecule has 0 fully saturated rings. The Morgan fingerprint density at radius 2 is 1.90 bits per heavy atom. The summed E-state index contributed by atoms with van der Waals surface area (Å²) in [5.41, 5.74) is 3.33. The summed E-state index contributed by atoms with van der Waals surface area (Å²) in [7, 11) is 0. The van der Waals surface area contributed by atoms with Crippen molar-refractivity contribution in [1.29, 1.82) is 5.26 Å². The highest BCUT2D eigenvalue weighted by atomic mass is 35.5. The maximum absolute atomic E-state index is 12.3. The zero-order valence-electron chi connectivity index (χ0n) is 11.2. The standard InChI is InChI=1S/C17H13ClN2O/c18-15-9-13-3-1-2-4-14(13)16(15)20-17(21)12-7-5-11(10-19)6-8-12/h1-8,15-16H,9H2,(H,20,21). The Morgan fingerprint density at radius 1 is 1.19 bits per heavy atom. The third-order valence-electron chi connectivity index (χ3n) is 3.73. The Labute approximate surface area is 128 Å². The zero-order valence-corrected chi connectivity index (χ0v) is 12.0. The fourth-order valence-electron chi connectivity index (χ4n) is 2.64. The number of fused-ring (bicyclic) bond motifs is 1. The van der Waals surface area contributed by atoms with Crippen molar-refractivity contribution in [2.45, 2.75) is 17.8 Å². The summed E-state index contributed by atoms with van der Waals surface area (Å²) in [6, 6.07) is 16.4. The van der Waals surface area contributed by atoms with Gasteiger partial charge in [0.15, 0.2) is 0 Å². The number of amides is 1. The van der Waals surface area contributed by atoms with Crippen molar-refractivity contribution in [2.24, 2.45) is 0 Å². The number of rotatable bonds is 2. The summed E-state index contributed by atoms with van der Waals surface area (Å²) in [5.74, 6) is -0.174. The van der Waals surface area contributed by atoms with E-state index in [0.717, 1.165) is 12.0 Å². The molecular formula is C17H13ClN2O. The highest BCUT2D eigenvalue weighted by molar-refractivity contribution is 6.21. The summed E-state index contributed by atoms with van der Waals surface area (Å²) < 4.78 is 0. The number of carbonyl (C=O) groups is 1. The maximum Gasteiger partial charge on any atom is 0.251 e. The van der Waals surface area contributed by atoms with Crippen LogP contribution in [-0.2, 0) is 6.42 Å². The van der Waals surface area contributed by atoms with E-state index in [1.807, 2.05) is 30.3 Å². The minimum absolute atomic E-state index is 0.135. The van der Waals surface area contributed by atoms with Crippen LogP contribution in [0, 0.1) is 11.3 Å². The van der Waals surface area contributed by atoms with Crippen LogP contribution >= 0.6 is 11.6 Å². The number of benzene rings is 2. The predicted molar refractivity (Wildman–Crippen MR) is 81.2 cm³/mol. The first kappa shape index (κ1) is 13.7. The minimum atomic E-state index is -0.175. The van der Waals surface area contributed by atoms with E-state index in [0.29, 0.717) is 11.1 Å². The Kier molecular flexibility index (Phi) is 3.64. The second-order valence-corrected chi connectivity index (χ2v) is 5.62. The summed E-state index contributed by atoms with van der Waals surface area (Å²) in [6.07, 6.45) is 0.760. The van der Waals surface area contributed by atoms with Gasteiger partial charge in [0.05, 0.1) is 23.1 Å². The molecule has 1 amide bonds. The number of hydrogen-bond acceptors (Lipinski definition) is 2. The lowest BCUT2D eigenvalue weighted by Gasteiger charge is -2.17. The van der Waals surface area contributed by atoms with Crippen LogP contribution in [0.1, 0.15) is 33.1 Å². The van der Waals surface area contributed by atoms with Gasteiger partial charge in [-0.25, -0.2) is 0 Å². The van der Waals surface area contributed by atoms with E-state index in [1.54, 1.807) is 24.3 Å². The van der Waals surface area contributed by atoms with E-state index in [2.05, 4.69) is 5.32 Å². The van der Waals surface area contributed by atoms with Crippen molar-refractivity contribution in [3.8, 4) is 6.07 Å². The van der Waals surface area contributed by atoms with E-state index in [-0.39, 0.29) is 17.3 Å². The molecule has 1 aliphatic carbocycles. The van der Waals surface area contributed by atoms with Crippen molar-refractivity contribution in [1.82, 2.24) is 5.32 Å². The molecule has 2 unspecified atom stereocenters. The quantitative estimate of drug-likeness (QED) is 0.865. The molecule has 0 aliphatic heterocycles. The molecule has 0 saturated heterocycles. The van der Waals surface area contributed by atoms with Crippen molar-refractivity contribution in [2.75, 3.05) is 0 Å². The number of nitrogens with zero attached hydrogens (tertiary/aromatic N) is 1. The molecule has 21 heavy (non-hydrogen) atoms. The minimum Gasteiger partial charge on any atom is -0.344 e. The van der Waals surface area contributed by atoms with E-state index in [1.165, 1.54) is 5.56 Å². The third-order valence-corrected chi connectivity index (χ3v) is 4.14. The molecule has 1 N–H and O–H groups in total. The summed E-state index contributed by atoms with van der Waals surface area (Å²) >= 11 is 6.36. The number of nitriles is 1. The van der Waals surface area contributed by atoms with Gasteiger partial charge in [0.1, 0.15) is 0 Å². The lowest BCUT2D eigenvalue weighted by atomic mass is 10.1. The Hall–Kier alpha value is -2.31. The van der Waals surface area contributed by atoms with Gasteiger partial charge in [0.25, 0.3) is 5.91 Å². The van der Waals surface area contributed by atoms with Crippen LogP contribution < -0.4 is 5.32 Å². The van der Waals surface area contributed by atoms with Crippen LogP contribution in [0.15, 0.2) is 48.5 Å². The lowest BCUT2D eigenvalue weighted by Crippen LogP contribution is -2.31. The van der Waals surface area contributed by atoms with Gasteiger partial charge in [-0.05, 0) is 41.8 Å². The molecular weight excluding hydrogens is 284 g/mol. The van der Waals surface area contributed by atoms with Gasteiger partial charge >= 0.3 is 0 Å². The van der Waals surface area contributed by atoms with Crippen molar-refractivity contribution >= 4 is 17.5 Å². The molecule has 104 valence electrons. The molecule has 2 atom stereocenters. The van der Waals surface area contributed by atoms with Crippen LogP contribution in [0.5, 0.6) is 0 Å². The maximum atomic E-state index is 12.3. The molecule has 0 aromatic heterocycles. The van der Waals surface area contributed by atoms with Gasteiger partial charge in [-0.2, -0.15) is 5.26 Å². The van der Waals surface area contributed by atoms with E-state index >= 15 is 0 Å². The first-order valence-corrected chi connectivity index (χ1v) is 7.15. The third kappa shape index (κ3) is 2.63. The fourth-order valence-corrected chi connectivity index (χ4v) is 3.00. The van der Waals surface area contributed by atoms with Gasteiger partial charge in [-0.1, -0.05) is 24.3 Å². The fraction of sp³-hybridized carbons (Fsp3) is 0.176. The summed E-state index contributed by atoms with van der Waals surface area (Å²) in [6.45, 7) is 0. The molecule has 1 aliphatic rings. The average molecular weight is 297 g/mol. The highest BCUT2D eigenvalue weighted by Gasteiger charge is 2.31. The van der Waals surface area contributed by atoms with Gasteiger partial charge < -0.3 is 5.32 Å². The predicted octanol–water partition coefficient (Wildman–Crippen LogP) is 3.19. The van der Waals surface area contributed by atoms with Crippen molar-refractivity contribution in [3.63, 3.8) is 0 Å². The highest BCUT2D eigenvalue weighted by Crippen LogP contribution is 2.34. The van der Waals surface area contributed by atoms with E-state index in [9.17, 15) is 4.79 Å². The molecule has 2 aromatic carbocycles. The smallest absolute Gasteiger partial charge is 0.251 e. The van der Waals surface area contributed by atoms with Crippen molar-refractivity contribution < 1.29 is 4.79 Å². The van der Waals surface area contributed by atoms with Crippen molar-refractivity contribution in [3.05, 3.63) is 70.8 Å². The second kappa shape index (κ2) is 5.59. The lowest BCUT2D eigenvalue weighted by molar-refractivity contribution is 0.0937. The SMILES string of the molecule is N#Cc1ccc(C(=O)NC2c3ccccc3CC2Cl)cc1. The molecule has 3 rings (SSSR count). The molecule has 0 radical (unpaired) electrons. The number of nitrogens with one attached hydrogen (secondary N) is 1. The largest absolute Gasteiger partial charge is 0.344 e. The Bertz CT molecular complexity index is 718. The molecule has 0 bridgehead atoms. The number of alkyl halides is 1. The number of halogens is 1. The monoisotopic (exact) mass is 296 g/mol. The van der Waals surface area contributed by atoms with Crippen LogP contribution in [0.25, 0.3) is 0 Å². The number of carbonyl (C=O) groups excluding carboxylic acids is 1. The second-order valence-electron chi connectivity index (χ2n) is 5.06. The topological polar surface area (TPSA) is 52.9 Å². The van der Waals surface area contributed by atoms with Crippen LogP contribution in [0.2, 0.25) is 0 Å². The Balaban J connectivity index is 1.80.